The van der Waals surface area contributed by atoms with Crippen molar-refractivity contribution in [2.75, 3.05) is 30.3 Å². The van der Waals surface area contributed by atoms with Crippen molar-refractivity contribution in [1.29, 1.82) is 5.26 Å². The topological polar surface area (TPSA) is 120 Å². The molecule has 8 nitrogen and oxygen atoms in total. The molecule has 3 amide bonds. The van der Waals surface area contributed by atoms with Crippen molar-refractivity contribution in [2.24, 2.45) is 0 Å². The monoisotopic (exact) mass is 369 g/mol. The molecular weight excluding hydrogens is 346 g/mol. The van der Waals surface area contributed by atoms with Crippen LogP contribution in [0.25, 0.3) is 0 Å². The second kappa shape index (κ2) is 9.38. The molecule has 142 valence electrons. The molecule has 0 aromatic heterocycles. The molecule has 1 aliphatic heterocycles. The molecule has 1 aromatic rings. The zero-order chi connectivity index (χ0) is 19.8. The van der Waals surface area contributed by atoms with E-state index in [1.165, 1.54) is 18.0 Å². The highest BCUT2D eigenvalue weighted by Gasteiger charge is 2.19. The molecule has 1 aromatic carbocycles. The van der Waals surface area contributed by atoms with Gasteiger partial charge in [-0.1, -0.05) is 0 Å². The second-order valence-electron chi connectivity index (χ2n) is 6.23. The summed E-state index contributed by atoms with van der Waals surface area (Å²) in [4.78, 5) is 38.7. The van der Waals surface area contributed by atoms with Crippen molar-refractivity contribution >= 4 is 29.1 Å². The van der Waals surface area contributed by atoms with Crippen LogP contribution in [-0.2, 0) is 14.4 Å². The van der Waals surface area contributed by atoms with Gasteiger partial charge in [0.25, 0.3) is 5.91 Å². The Balaban J connectivity index is 1.96. The minimum atomic E-state index is -0.563. The number of likely N-dealkylation sites (tertiary alicyclic amines) is 1. The minimum Gasteiger partial charge on any atom is -0.399 e. The van der Waals surface area contributed by atoms with Crippen molar-refractivity contribution in [3.8, 4) is 6.07 Å². The van der Waals surface area contributed by atoms with Crippen LogP contribution in [0.2, 0.25) is 0 Å². The van der Waals surface area contributed by atoms with Gasteiger partial charge in [0.1, 0.15) is 11.6 Å². The van der Waals surface area contributed by atoms with Gasteiger partial charge < -0.3 is 16.0 Å². The van der Waals surface area contributed by atoms with Crippen molar-refractivity contribution < 1.29 is 14.4 Å². The van der Waals surface area contributed by atoms with Gasteiger partial charge in [-0.05, 0) is 37.1 Å². The van der Waals surface area contributed by atoms with E-state index in [-0.39, 0.29) is 17.4 Å². The van der Waals surface area contributed by atoms with Crippen LogP contribution in [0.4, 0.5) is 11.4 Å². The van der Waals surface area contributed by atoms with Crippen LogP contribution in [0.3, 0.4) is 0 Å². The Morgan fingerprint density at radius 1 is 1.37 bits per heavy atom. The molecular formula is C19H23N5O3. The third-order valence-corrected chi connectivity index (χ3v) is 4.20. The summed E-state index contributed by atoms with van der Waals surface area (Å²) in [6, 6.07) is 8.35. The Hall–Kier alpha value is -3.34. The fourth-order valence-corrected chi connectivity index (χ4v) is 2.76. The van der Waals surface area contributed by atoms with E-state index in [4.69, 9.17) is 5.73 Å². The molecule has 27 heavy (non-hydrogen) atoms. The largest absolute Gasteiger partial charge is 0.399 e. The molecule has 0 aliphatic carbocycles. The van der Waals surface area contributed by atoms with E-state index in [9.17, 15) is 19.6 Å². The molecule has 0 unspecified atom stereocenters. The number of nitrogens with one attached hydrogen (secondary N) is 1. The van der Waals surface area contributed by atoms with Gasteiger partial charge in [0.05, 0.1) is 0 Å². The first-order valence-corrected chi connectivity index (χ1v) is 8.75. The first-order valence-electron chi connectivity index (χ1n) is 8.75. The summed E-state index contributed by atoms with van der Waals surface area (Å²) in [6.07, 6.45) is 3.27. The maximum Gasteiger partial charge on any atom is 0.263 e. The average Bonchev–Trinajstić information content (AvgIpc) is 3.05. The van der Waals surface area contributed by atoms with Gasteiger partial charge in [0.15, 0.2) is 0 Å². The van der Waals surface area contributed by atoms with Crippen molar-refractivity contribution in [1.82, 2.24) is 10.2 Å². The van der Waals surface area contributed by atoms with Crippen LogP contribution < -0.4 is 16.0 Å². The van der Waals surface area contributed by atoms with Crippen molar-refractivity contribution in [3.63, 3.8) is 0 Å². The third-order valence-electron chi connectivity index (χ3n) is 4.20. The lowest BCUT2D eigenvalue weighted by Gasteiger charge is -2.17. The maximum atomic E-state index is 12.2. The van der Waals surface area contributed by atoms with Crippen LogP contribution in [0, 0.1) is 11.3 Å². The van der Waals surface area contributed by atoms with Crippen LogP contribution >= 0.6 is 0 Å². The molecule has 1 aliphatic rings. The number of nitriles is 1. The molecule has 8 heteroatoms. The highest BCUT2D eigenvalue weighted by Crippen LogP contribution is 2.18. The van der Waals surface area contributed by atoms with Gasteiger partial charge in [0.2, 0.25) is 11.8 Å². The number of anilines is 2. The summed E-state index contributed by atoms with van der Waals surface area (Å²) in [5, 5.41) is 11.9. The van der Waals surface area contributed by atoms with Gasteiger partial charge in [0, 0.05) is 50.6 Å². The number of carbonyl (C=O) groups is 3. The molecule has 0 spiro atoms. The normalized spacial score (nSPS) is 14.0. The van der Waals surface area contributed by atoms with E-state index in [0.29, 0.717) is 37.3 Å². The van der Waals surface area contributed by atoms with Crippen LogP contribution in [-0.4, -0.2) is 42.3 Å². The van der Waals surface area contributed by atoms with Crippen LogP contribution in [0.1, 0.15) is 26.2 Å². The highest BCUT2D eigenvalue weighted by atomic mass is 16.2. The lowest BCUT2D eigenvalue weighted by molar-refractivity contribution is -0.127. The predicted octanol–water partition coefficient (Wildman–Crippen LogP) is 1.16. The molecule has 2 rings (SSSR count). The molecule has 0 atom stereocenters. The van der Waals surface area contributed by atoms with E-state index >= 15 is 0 Å². The number of nitrogens with two attached hydrogens (primary N) is 1. The molecule has 0 radical (unpaired) electrons. The summed E-state index contributed by atoms with van der Waals surface area (Å²) >= 11 is 0. The Morgan fingerprint density at radius 3 is 2.63 bits per heavy atom. The van der Waals surface area contributed by atoms with Crippen molar-refractivity contribution in [3.05, 3.63) is 36.0 Å². The lowest BCUT2D eigenvalue weighted by Crippen LogP contribution is -2.32. The average molecular weight is 369 g/mol. The molecule has 0 saturated carbocycles. The summed E-state index contributed by atoms with van der Waals surface area (Å²) in [6.45, 7) is 3.01. The van der Waals surface area contributed by atoms with E-state index in [1.54, 1.807) is 29.2 Å². The Labute approximate surface area is 158 Å². The SMILES string of the molecule is CC(=O)N(/C=C(/C#N)C(=O)NCCCN1CCCC1=O)c1ccc(N)cc1. The standard InChI is InChI=1S/C19H23N5O3/c1-14(25)24(17-7-5-16(21)6-8-17)13-15(12-20)19(27)22-9-3-11-23-10-2-4-18(23)26/h5-8,13H,2-4,9-11,21H2,1H3,(H,22,27)/b15-13-. The summed E-state index contributed by atoms with van der Waals surface area (Å²) in [5.74, 6) is -0.764. The van der Waals surface area contributed by atoms with Gasteiger partial charge in [-0.3, -0.25) is 19.3 Å². The Bertz CT molecular complexity index is 780. The first-order chi connectivity index (χ1) is 12.9. The smallest absolute Gasteiger partial charge is 0.263 e. The number of amides is 3. The fraction of sp³-hybridized carbons (Fsp3) is 0.368. The van der Waals surface area contributed by atoms with E-state index < -0.39 is 5.91 Å². The fourth-order valence-electron chi connectivity index (χ4n) is 2.76. The van der Waals surface area contributed by atoms with E-state index in [2.05, 4.69) is 5.32 Å². The summed E-state index contributed by atoms with van der Waals surface area (Å²) in [5.41, 5.74) is 6.51. The zero-order valence-corrected chi connectivity index (χ0v) is 15.3. The number of carbonyl (C=O) groups excluding carboxylic acids is 3. The third kappa shape index (κ3) is 5.57. The highest BCUT2D eigenvalue weighted by molar-refractivity contribution is 6.01. The summed E-state index contributed by atoms with van der Waals surface area (Å²) < 4.78 is 0. The van der Waals surface area contributed by atoms with Crippen LogP contribution in [0.5, 0.6) is 0 Å². The van der Waals surface area contributed by atoms with Gasteiger partial charge in [-0.2, -0.15) is 5.26 Å². The molecule has 0 bridgehead atoms. The molecule has 1 saturated heterocycles. The van der Waals surface area contributed by atoms with Crippen molar-refractivity contribution in [2.45, 2.75) is 26.2 Å². The zero-order valence-electron chi connectivity index (χ0n) is 15.3. The molecule has 3 N–H and O–H groups in total. The number of hydrogen-bond acceptors (Lipinski definition) is 5. The summed E-state index contributed by atoms with van der Waals surface area (Å²) in [7, 11) is 0. The number of rotatable bonds is 7. The number of benzene rings is 1. The molecule has 1 heterocycles. The molecule has 1 fully saturated rings. The van der Waals surface area contributed by atoms with Gasteiger partial charge in [-0.25, -0.2) is 0 Å². The first kappa shape index (κ1) is 20.0. The number of nitrogen functional groups attached to an aromatic ring is 1. The van der Waals surface area contributed by atoms with E-state index in [1.807, 2.05) is 6.07 Å². The van der Waals surface area contributed by atoms with Gasteiger partial charge in [-0.15, -0.1) is 0 Å². The number of nitrogens with zero attached hydrogens (tertiary/aromatic N) is 3. The second-order valence-corrected chi connectivity index (χ2v) is 6.23. The lowest BCUT2D eigenvalue weighted by atomic mass is 10.2. The van der Waals surface area contributed by atoms with E-state index in [0.717, 1.165) is 13.0 Å². The number of hydrogen-bond donors (Lipinski definition) is 2. The minimum absolute atomic E-state index is 0.138. The Kier molecular flexibility index (Phi) is 6.94. The Morgan fingerprint density at radius 2 is 2.07 bits per heavy atom. The quantitative estimate of drug-likeness (QED) is 0.323. The van der Waals surface area contributed by atoms with Crippen LogP contribution in [0.15, 0.2) is 36.0 Å². The maximum absolute atomic E-state index is 12.2. The predicted molar refractivity (Wildman–Crippen MR) is 101 cm³/mol. The van der Waals surface area contributed by atoms with Gasteiger partial charge >= 0.3 is 0 Å².